The summed E-state index contributed by atoms with van der Waals surface area (Å²) in [6.07, 6.45) is 8.96. The second kappa shape index (κ2) is 5.87. The third-order valence-corrected chi connectivity index (χ3v) is 3.65. The second-order valence-corrected chi connectivity index (χ2v) is 5.17. The van der Waals surface area contributed by atoms with E-state index < -0.39 is 0 Å². The average Bonchev–Trinajstić information content (AvgIpc) is 2.29. The number of hydrogen-bond donors (Lipinski definition) is 1. The Morgan fingerprint density at radius 2 is 2.35 bits per heavy atom. The number of hydrogen-bond acceptors (Lipinski definition) is 2. The highest BCUT2D eigenvalue weighted by molar-refractivity contribution is 14.1. The van der Waals surface area contributed by atoms with E-state index in [9.17, 15) is 0 Å². The van der Waals surface area contributed by atoms with Gasteiger partial charge in [-0.2, -0.15) is 0 Å². The summed E-state index contributed by atoms with van der Waals surface area (Å²) in [5.74, 6) is 0. The molecule has 3 heteroatoms. The van der Waals surface area contributed by atoms with Gasteiger partial charge in [-0.25, -0.2) is 0 Å². The summed E-state index contributed by atoms with van der Waals surface area (Å²) in [6.45, 7) is 7.15. The van der Waals surface area contributed by atoms with E-state index in [0.29, 0.717) is 0 Å². The maximum absolute atomic E-state index is 5.05. The van der Waals surface area contributed by atoms with Gasteiger partial charge in [0, 0.05) is 17.0 Å². The van der Waals surface area contributed by atoms with E-state index >= 15 is 0 Å². The van der Waals surface area contributed by atoms with Gasteiger partial charge in [-0.15, -0.1) is 0 Å². The van der Waals surface area contributed by atoms with E-state index in [1.165, 1.54) is 22.4 Å². The van der Waals surface area contributed by atoms with E-state index in [1.807, 2.05) is 23.0 Å². The molecule has 2 rings (SSSR count). The minimum absolute atomic E-state index is 0.798. The number of nitrogens with one attached hydrogen (secondary N) is 1. The van der Waals surface area contributed by atoms with Gasteiger partial charge >= 0.3 is 0 Å². The quantitative estimate of drug-likeness (QED) is 0.611. The first-order valence-corrected chi connectivity index (χ1v) is 6.91. The van der Waals surface area contributed by atoms with E-state index in [0.717, 1.165) is 38.0 Å². The Balaban J connectivity index is 2.14. The maximum atomic E-state index is 5.05. The van der Waals surface area contributed by atoms with Crippen LogP contribution in [0.15, 0.2) is 46.8 Å². The molecule has 1 aliphatic carbocycles. The summed E-state index contributed by atoms with van der Waals surface area (Å²) in [4.78, 5) is 0. The van der Waals surface area contributed by atoms with Gasteiger partial charge in [0.05, 0.1) is 6.61 Å². The molecule has 0 radical (unpaired) electrons. The molecule has 1 aliphatic heterocycles. The molecule has 0 atom stereocenters. The van der Waals surface area contributed by atoms with Crippen LogP contribution in [-0.4, -0.2) is 6.61 Å². The lowest BCUT2D eigenvalue weighted by molar-refractivity contribution is 0.412. The molecule has 0 amide bonds. The molecule has 0 saturated heterocycles. The average molecular weight is 343 g/mol. The van der Waals surface area contributed by atoms with E-state index in [-0.39, 0.29) is 0 Å². The standard InChI is InChI=1S/C14H18INO/c1-10-5-3-6-12-9-13(7-4-8-17-15)16-11(2)14(10)12/h6,9,16H,2-5,7-8H2,1H3. The van der Waals surface area contributed by atoms with Gasteiger partial charge in [-0.05, 0) is 44.3 Å². The molecular weight excluding hydrogens is 325 g/mol. The Kier molecular flexibility index (Phi) is 4.45. The van der Waals surface area contributed by atoms with Crippen LogP contribution in [0.4, 0.5) is 0 Å². The largest absolute Gasteiger partial charge is 0.359 e. The lowest BCUT2D eigenvalue weighted by Gasteiger charge is -2.27. The minimum atomic E-state index is 0.798. The summed E-state index contributed by atoms with van der Waals surface area (Å²) in [6, 6.07) is 0. The molecule has 0 aromatic rings. The van der Waals surface area contributed by atoms with Crippen LogP contribution in [0.2, 0.25) is 0 Å². The van der Waals surface area contributed by atoms with Crippen LogP contribution in [-0.2, 0) is 3.07 Å². The summed E-state index contributed by atoms with van der Waals surface area (Å²) in [5.41, 5.74) is 6.44. The Morgan fingerprint density at radius 1 is 1.53 bits per heavy atom. The molecular formula is C14H18INO. The lowest BCUT2D eigenvalue weighted by atomic mass is 9.87. The third kappa shape index (κ3) is 3.01. The lowest BCUT2D eigenvalue weighted by Crippen LogP contribution is -2.21. The zero-order valence-corrected chi connectivity index (χ0v) is 12.3. The Bertz CT molecular complexity index is 418. The molecule has 1 N–H and O–H groups in total. The van der Waals surface area contributed by atoms with Crippen molar-refractivity contribution in [1.29, 1.82) is 0 Å². The first-order chi connectivity index (χ1) is 8.22. The summed E-state index contributed by atoms with van der Waals surface area (Å²) >= 11 is 1.94. The molecule has 2 nitrogen and oxygen atoms in total. The number of rotatable bonds is 4. The van der Waals surface area contributed by atoms with Crippen LogP contribution in [0.5, 0.6) is 0 Å². The van der Waals surface area contributed by atoms with Crippen molar-refractivity contribution >= 4 is 23.0 Å². The van der Waals surface area contributed by atoms with Crippen molar-refractivity contribution < 1.29 is 3.07 Å². The fraction of sp³-hybridized carbons (Fsp3) is 0.429. The third-order valence-electron chi connectivity index (χ3n) is 3.21. The molecule has 0 unspecified atom stereocenters. The zero-order valence-electron chi connectivity index (χ0n) is 10.2. The highest BCUT2D eigenvalue weighted by atomic mass is 127. The van der Waals surface area contributed by atoms with E-state index in [4.69, 9.17) is 3.07 Å². The molecule has 2 aliphatic rings. The molecule has 92 valence electrons. The van der Waals surface area contributed by atoms with Crippen molar-refractivity contribution in [3.8, 4) is 0 Å². The van der Waals surface area contributed by atoms with Crippen molar-refractivity contribution in [2.75, 3.05) is 6.61 Å². The van der Waals surface area contributed by atoms with Gasteiger partial charge in [-0.3, -0.25) is 0 Å². The van der Waals surface area contributed by atoms with Gasteiger partial charge in [0.1, 0.15) is 23.0 Å². The first kappa shape index (κ1) is 12.9. The molecule has 0 saturated carbocycles. The zero-order chi connectivity index (χ0) is 12.3. The summed E-state index contributed by atoms with van der Waals surface area (Å²) < 4.78 is 5.05. The van der Waals surface area contributed by atoms with Crippen LogP contribution in [0, 0.1) is 0 Å². The molecule has 0 aromatic carbocycles. The number of allylic oxidation sites excluding steroid dienone is 5. The van der Waals surface area contributed by atoms with Crippen molar-refractivity contribution in [3.05, 3.63) is 46.8 Å². The molecule has 0 bridgehead atoms. The van der Waals surface area contributed by atoms with Crippen LogP contribution in [0.3, 0.4) is 0 Å². The van der Waals surface area contributed by atoms with Gasteiger partial charge in [-0.1, -0.05) is 18.2 Å². The summed E-state index contributed by atoms with van der Waals surface area (Å²) in [5, 5.41) is 3.41. The predicted octanol–water partition coefficient (Wildman–Crippen LogP) is 4.17. The topological polar surface area (TPSA) is 21.3 Å². The molecule has 0 spiro atoms. The normalized spacial score (nSPS) is 19.5. The fourth-order valence-corrected chi connectivity index (χ4v) is 2.72. The van der Waals surface area contributed by atoms with Gasteiger partial charge in [0.2, 0.25) is 0 Å². The molecule has 0 aromatic heterocycles. The molecule has 1 heterocycles. The van der Waals surface area contributed by atoms with Crippen LogP contribution >= 0.6 is 23.0 Å². The maximum Gasteiger partial charge on any atom is 0.109 e. The highest BCUT2D eigenvalue weighted by Crippen LogP contribution is 2.34. The van der Waals surface area contributed by atoms with E-state index in [2.05, 4.69) is 31.0 Å². The molecule has 17 heavy (non-hydrogen) atoms. The minimum Gasteiger partial charge on any atom is -0.359 e. The van der Waals surface area contributed by atoms with Crippen molar-refractivity contribution in [1.82, 2.24) is 5.32 Å². The smallest absolute Gasteiger partial charge is 0.109 e. The number of halogens is 1. The van der Waals surface area contributed by atoms with Gasteiger partial charge in [0.15, 0.2) is 0 Å². The Labute approximate surface area is 117 Å². The second-order valence-electron chi connectivity index (χ2n) is 4.54. The first-order valence-electron chi connectivity index (χ1n) is 6.03. The van der Waals surface area contributed by atoms with Crippen molar-refractivity contribution in [2.45, 2.75) is 32.6 Å². The molecule has 0 fully saturated rings. The number of fused-ring (bicyclic) bond motifs is 1. The van der Waals surface area contributed by atoms with Crippen LogP contribution < -0.4 is 5.32 Å². The summed E-state index contributed by atoms with van der Waals surface area (Å²) in [7, 11) is 0. The Hall–Kier alpha value is -0.550. The fourth-order valence-electron chi connectivity index (χ4n) is 2.41. The van der Waals surface area contributed by atoms with E-state index in [1.54, 1.807) is 0 Å². The van der Waals surface area contributed by atoms with Gasteiger partial charge < -0.3 is 8.38 Å². The monoisotopic (exact) mass is 343 g/mol. The highest BCUT2D eigenvalue weighted by Gasteiger charge is 2.19. The van der Waals surface area contributed by atoms with Crippen LogP contribution in [0.1, 0.15) is 32.6 Å². The van der Waals surface area contributed by atoms with Crippen molar-refractivity contribution in [2.24, 2.45) is 0 Å². The van der Waals surface area contributed by atoms with Crippen molar-refractivity contribution in [3.63, 3.8) is 0 Å². The van der Waals surface area contributed by atoms with Crippen LogP contribution in [0.25, 0.3) is 0 Å². The predicted molar refractivity (Wildman–Crippen MR) is 79.6 cm³/mol. The van der Waals surface area contributed by atoms with Gasteiger partial charge in [0.25, 0.3) is 0 Å². The Morgan fingerprint density at radius 3 is 3.12 bits per heavy atom. The SMILES string of the molecule is C=C1NC(CCCOI)=CC2=CCCC(C)=C12.